The molecule has 0 N–H and O–H groups in total. The molecule has 6 nitrogen and oxygen atoms in total. The van der Waals surface area contributed by atoms with E-state index in [1.807, 2.05) is 12.2 Å². The van der Waals surface area contributed by atoms with E-state index < -0.39 is 5.97 Å². The summed E-state index contributed by atoms with van der Waals surface area (Å²) in [6.45, 7) is 1.46. The number of esters is 1. The Balaban J connectivity index is 1.37. The van der Waals surface area contributed by atoms with Crippen molar-refractivity contribution in [3.8, 4) is 5.75 Å². The first kappa shape index (κ1) is 18.5. The predicted molar refractivity (Wildman–Crippen MR) is 108 cm³/mol. The van der Waals surface area contributed by atoms with Crippen LogP contribution in [0.15, 0.2) is 60.7 Å². The van der Waals surface area contributed by atoms with E-state index in [4.69, 9.17) is 4.74 Å². The number of benzene rings is 2. The number of nitrogens with zero attached hydrogens (tertiary/aromatic N) is 1. The molecule has 4 atom stereocenters. The number of Topliss-reactive ketones (excluding diaryl/α,β-unsaturated/α-hetero) is 1. The first-order chi connectivity index (χ1) is 14.4. The maximum absolute atomic E-state index is 13.0. The number of allylic oxidation sites excluding steroid dienone is 2. The van der Waals surface area contributed by atoms with Gasteiger partial charge in [-0.3, -0.25) is 14.4 Å². The third kappa shape index (κ3) is 2.79. The van der Waals surface area contributed by atoms with Crippen molar-refractivity contribution in [2.45, 2.75) is 13.3 Å². The van der Waals surface area contributed by atoms with Crippen molar-refractivity contribution in [3.63, 3.8) is 0 Å². The summed E-state index contributed by atoms with van der Waals surface area (Å²) in [7, 11) is 0. The van der Waals surface area contributed by atoms with Gasteiger partial charge in [-0.1, -0.05) is 18.2 Å². The van der Waals surface area contributed by atoms with E-state index in [2.05, 4.69) is 0 Å². The van der Waals surface area contributed by atoms with Crippen LogP contribution in [0.5, 0.6) is 5.75 Å². The number of ether oxygens (including phenoxy) is 1. The van der Waals surface area contributed by atoms with Crippen LogP contribution in [0.2, 0.25) is 0 Å². The van der Waals surface area contributed by atoms with Crippen LogP contribution in [0.4, 0.5) is 5.69 Å². The zero-order valence-electron chi connectivity index (χ0n) is 16.3. The molecule has 1 aliphatic heterocycles. The molecule has 0 spiro atoms. The second-order valence-corrected chi connectivity index (χ2v) is 8.03. The molecular formula is C24H19NO5. The van der Waals surface area contributed by atoms with Gasteiger partial charge in [0.05, 0.1) is 23.1 Å². The van der Waals surface area contributed by atoms with E-state index in [0.717, 1.165) is 6.42 Å². The van der Waals surface area contributed by atoms with Crippen LogP contribution < -0.4 is 9.64 Å². The SMILES string of the molecule is CC(=O)c1ccc(OC(=O)c2cccc(N3C(=O)[C@@H]4[C@@H](C3=O)[C@H]3C=C[C@H]4C3)c2)cc1. The molecule has 0 unspecified atom stereocenters. The van der Waals surface area contributed by atoms with Gasteiger partial charge in [0.15, 0.2) is 5.78 Å². The van der Waals surface area contributed by atoms with Crippen molar-refractivity contribution in [3.05, 3.63) is 71.8 Å². The highest BCUT2D eigenvalue weighted by molar-refractivity contribution is 6.23. The first-order valence-electron chi connectivity index (χ1n) is 9.93. The highest BCUT2D eigenvalue weighted by Gasteiger charge is 2.59. The molecule has 2 bridgehead atoms. The smallest absolute Gasteiger partial charge is 0.343 e. The Labute approximate surface area is 173 Å². The van der Waals surface area contributed by atoms with Crippen LogP contribution >= 0.6 is 0 Å². The third-order valence-corrected chi connectivity index (χ3v) is 6.28. The maximum Gasteiger partial charge on any atom is 0.343 e. The van der Waals surface area contributed by atoms with Crippen LogP contribution in [0.25, 0.3) is 0 Å². The highest BCUT2D eigenvalue weighted by Crippen LogP contribution is 2.53. The molecule has 6 heteroatoms. The summed E-state index contributed by atoms with van der Waals surface area (Å²) in [4.78, 5) is 51.1. The second-order valence-electron chi connectivity index (χ2n) is 8.03. The fourth-order valence-corrected chi connectivity index (χ4v) is 4.85. The minimum atomic E-state index is -0.603. The summed E-state index contributed by atoms with van der Waals surface area (Å²) in [5.41, 5.74) is 1.15. The van der Waals surface area contributed by atoms with Crippen molar-refractivity contribution in [1.82, 2.24) is 0 Å². The van der Waals surface area contributed by atoms with E-state index in [1.54, 1.807) is 42.5 Å². The van der Waals surface area contributed by atoms with E-state index in [1.165, 1.54) is 17.9 Å². The summed E-state index contributed by atoms with van der Waals surface area (Å²) in [5, 5.41) is 0. The van der Waals surface area contributed by atoms with E-state index in [0.29, 0.717) is 17.0 Å². The monoisotopic (exact) mass is 401 g/mol. The Morgan fingerprint density at radius 3 is 2.13 bits per heavy atom. The molecular weight excluding hydrogens is 382 g/mol. The molecule has 2 aromatic rings. The van der Waals surface area contributed by atoms with Gasteiger partial charge >= 0.3 is 5.97 Å². The lowest BCUT2D eigenvalue weighted by Gasteiger charge is -2.18. The van der Waals surface area contributed by atoms with E-state index in [-0.39, 0.29) is 46.8 Å². The fourth-order valence-electron chi connectivity index (χ4n) is 4.85. The minimum Gasteiger partial charge on any atom is -0.423 e. The number of fused-ring (bicyclic) bond motifs is 5. The molecule has 0 aromatic heterocycles. The highest BCUT2D eigenvalue weighted by atomic mass is 16.5. The molecule has 1 saturated heterocycles. The Morgan fingerprint density at radius 1 is 0.900 bits per heavy atom. The summed E-state index contributed by atoms with van der Waals surface area (Å²) in [6, 6.07) is 12.7. The van der Waals surface area contributed by atoms with Gasteiger partial charge in [-0.05, 0) is 67.6 Å². The molecule has 2 aliphatic carbocycles. The Bertz CT molecular complexity index is 1090. The average molecular weight is 401 g/mol. The number of ketones is 1. The molecule has 0 radical (unpaired) electrons. The normalized spacial score (nSPS) is 26.2. The average Bonchev–Trinajstić information content (AvgIpc) is 3.42. The van der Waals surface area contributed by atoms with Gasteiger partial charge in [0.1, 0.15) is 5.75 Å². The number of carbonyl (C=O) groups excluding carboxylic acids is 4. The Kier molecular flexibility index (Phi) is 4.17. The van der Waals surface area contributed by atoms with Crippen molar-refractivity contribution >= 4 is 29.3 Å². The fraction of sp³-hybridized carbons (Fsp3) is 0.250. The van der Waals surface area contributed by atoms with Crippen LogP contribution in [-0.2, 0) is 9.59 Å². The second kappa shape index (κ2) is 6.76. The lowest BCUT2D eigenvalue weighted by molar-refractivity contribution is -0.123. The van der Waals surface area contributed by atoms with Gasteiger partial charge in [0.2, 0.25) is 11.8 Å². The lowest BCUT2D eigenvalue weighted by atomic mass is 9.85. The molecule has 2 aromatic carbocycles. The van der Waals surface area contributed by atoms with Crippen molar-refractivity contribution in [2.75, 3.05) is 4.90 Å². The minimum absolute atomic E-state index is 0.0751. The molecule has 2 fully saturated rings. The van der Waals surface area contributed by atoms with Crippen LogP contribution in [0, 0.1) is 23.7 Å². The number of anilines is 1. The van der Waals surface area contributed by atoms with Crippen molar-refractivity contribution in [2.24, 2.45) is 23.7 Å². The lowest BCUT2D eigenvalue weighted by Crippen LogP contribution is -2.33. The largest absolute Gasteiger partial charge is 0.423 e. The molecule has 3 aliphatic rings. The maximum atomic E-state index is 13.0. The van der Waals surface area contributed by atoms with Crippen LogP contribution in [0.1, 0.15) is 34.1 Å². The standard InChI is InChI=1S/C24H19NO5/c1-13(26)14-7-9-19(10-8-14)30-24(29)17-3-2-4-18(12-17)25-22(27)20-15-5-6-16(11-15)21(20)23(25)28/h2-10,12,15-16,20-21H,11H2,1H3/t15-,16-,20-,21-/m0/s1. The topological polar surface area (TPSA) is 80.8 Å². The summed E-state index contributed by atoms with van der Waals surface area (Å²) >= 11 is 0. The molecule has 150 valence electrons. The molecule has 5 rings (SSSR count). The van der Waals surface area contributed by atoms with Crippen LogP contribution in [0.3, 0.4) is 0 Å². The Morgan fingerprint density at radius 2 is 1.53 bits per heavy atom. The number of carbonyl (C=O) groups is 4. The molecule has 1 saturated carbocycles. The molecule has 2 amide bonds. The number of rotatable bonds is 4. The summed E-state index contributed by atoms with van der Waals surface area (Å²) < 4.78 is 5.38. The Hall–Kier alpha value is -3.54. The zero-order valence-corrected chi connectivity index (χ0v) is 16.3. The quantitative estimate of drug-likeness (QED) is 0.258. The predicted octanol–water partition coefficient (Wildman–Crippen LogP) is 3.42. The van der Waals surface area contributed by atoms with E-state index >= 15 is 0 Å². The number of hydrogen-bond acceptors (Lipinski definition) is 5. The molecule has 30 heavy (non-hydrogen) atoms. The van der Waals surface area contributed by atoms with E-state index in [9.17, 15) is 19.2 Å². The number of imide groups is 1. The van der Waals surface area contributed by atoms with Gasteiger partial charge in [0, 0.05) is 5.56 Å². The molecule has 1 heterocycles. The number of hydrogen-bond donors (Lipinski definition) is 0. The van der Waals surface area contributed by atoms with Gasteiger partial charge in [-0.2, -0.15) is 0 Å². The van der Waals surface area contributed by atoms with Gasteiger partial charge in [-0.15, -0.1) is 0 Å². The van der Waals surface area contributed by atoms with Crippen molar-refractivity contribution in [1.29, 1.82) is 0 Å². The zero-order chi connectivity index (χ0) is 21.0. The first-order valence-corrected chi connectivity index (χ1v) is 9.93. The van der Waals surface area contributed by atoms with Gasteiger partial charge in [-0.25, -0.2) is 9.69 Å². The summed E-state index contributed by atoms with van der Waals surface area (Å²) in [5.74, 6) is -1.06. The van der Waals surface area contributed by atoms with Gasteiger partial charge < -0.3 is 4.74 Å². The third-order valence-electron chi connectivity index (χ3n) is 6.28. The summed E-state index contributed by atoms with van der Waals surface area (Å²) in [6.07, 6.45) is 4.97. The van der Waals surface area contributed by atoms with Crippen LogP contribution in [-0.4, -0.2) is 23.6 Å². The van der Waals surface area contributed by atoms with Gasteiger partial charge in [0.25, 0.3) is 0 Å². The van der Waals surface area contributed by atoms with Crippen molar-refractivity contribution < 1.29 is 23.9 Å². The number of amides is 2.